The van der Waals surface area contributed by atoms with Crippen LogP contribution in [0.25, 0.3) is 16.6 Å². The number of para-hydroxylation sites is 1. The van der Waals surface area contributed by atoms with Gasteiger partial charge in [-0.15, -0.1) is 0 Å². The van der Waals surface area contributed by atoms with Crippen LogP contribution in [0.4, 0.5) is 5.69 Å². The first kappa shape index (κ1) is 21.0. The van der Waals surface area contributed by atoms with E-state index >= 15 is 0 Å². The predicted molar refractivity (Wildman–Crippen MR) is 121 cm³/mol. The molecule has 2 heterocycles. The van der Waals surface area contributed by atoms with Crippen LogP contribution < -0.4 is 16.2 Å². The number of aromatic amines is 1. The molecule has 0 aliphatic heterocycles. The number of H-pyrrole nitrogens is 1. The summed E-state index contributed by atoms with van der Waals surface area (Å²) < 4.78 is 1.72. The third-order valence-electron chi connectivity index (χ3n) is 4.85. The number of aryl methyl sites for hydroxylation is 1. The van der Waals surface area contributed by atoms with E-state index in [1.165, 1.54) is 0 Å². The number of nitrogens with zero attached hydrogens (tertiary/aromatic N) is 3. The van der Waals surface area contributed by atoms with E-state index in [0.717, 1.165) is 5.69 Å². The molecule has 0 fully saturated rings. The number of hydrogen-bond acceptors (Lipinski definition) is 5. The maximum atomic E-state index is 12.1. The smallest absolute Gasteiger partial charge is 0.258 e. The Morgan fingerprint density at radius 1 is 1.00 bits per heavy atom. The second-order valence-electron chi connectivity index (χ2n) is 7.21. The summed E-state index contributed by atoms with van der Waals surface area (Å²) in [5, 5.41) is 10.0. The molecule has 3 N–H and O–H groups in total. The number of fused-ring (bicyclic) bond motifs is 1. The minimum absolute atomic E-state index is 0.120. The normalized spacial score (nSPS) is 10.8. The number of amides is 2. The van der Waals surface area contributed by atoms with E-state index in [-0.39, 0.29) is 30.3 Å². The van der Waals surface area contributed by atoms with Gasteiger partial charge in [-0.3, -0.25) is 14.4 Å². The Bertz CT molecular complexity index is 1280. The van der Waals surface area contributed by atoms with Crippen LogP contribution in [0.3, 0.4) is 0 Å². The third-order valence-corrected chi connectivity index (χ3v) is 4.85. The predicted octanol–water partition coefficient (Wildman–Crippen LogP) is 2.19. The largest absolute Gasteiger partial charge is 0.347 e. The summed E-state index contributed by atoms with van der Waals surface area (Å²) in [5.41, 5.74) is 1.95. The average molecular weight is 430 g/mol. The molecule has 0 spiro atoms. The van der Waals surface area contributed by atoms with Gasteiger partial charge < -0.3 is 15.6 Å². The first-order valence-corrected chi connectivity index (χ1v) is 10.2. The lowest BCUT2D eigenvalue weighted by molar-refractivity contribution is -0.124. The van der Waals surface area contributed by atoms with E-state index in [2.05, 4.69) is 25.7 Å². The Hall–Kier alpha value is -4.27. The molecule has 0 aliphatic carbocycles. The number of carbonyl (C=O) groups is 2. The van der Waals surface area contributed by atoms with Crippen molar-refractivity contribution in [2.45, 2.75) is 19.3 Å². The Morgan fingerprint density at radius 2 is 1.81 bits per heavy atom. The molecule has 0 atom stereocenters. The van der Waals surface area contributed by atoms with Gasteiger partial charge in [0.05, 0.1) is 23.1 Å². The summed E-state index contributed by atoms with van der Waals surface area (Å²) in [6.45, 7) is -0.120. The molecular formula is C23H22N6O3. The monoisotopic (exact) mass is 430 g/mol. The topological polar surface area (TPSA) is 122 Å². The molecule has 0 bridgehead atoms. The van der Waals surface area contributed by atoms with E-state index in [4.69, 9.17) is 0 Å². The van der Waals surface area contributed by atoms with Gasteiger partial charge in [-0.2, -0.15) is 5.10 Å². The van der Waals surface area contributed by atoms with Crippen molar-refractivity contribution in [2.24, 2.45) is 0 Å². The van der Waals surface area contributed by atoms with Crippen molar-refractivity contribution in [1.82, 2.24) is 25.1 Å². The summed E-state index contributed by atoms with van der Waals surface area (Å²) >= 11 is 0. The van der Waals surface area contributed by atoms with Crippen LogP contribution in [-0.2, 0) is 16.0 Å². The second-order valence-corrected chi connectivity index (χ2v) is 7.21. The molecule has 0 saturated heterocycles. The van der Waals surface area contributed by atoms with Crippen LogP contribution in [0.2, 0.25) is 0 Å². The first-order valence-electron chi connectivity index (χ1n) is 10.2. The zero-order valence-electron chi connectivity index (χ0n) is 17.2. The lowest BCUT2D eigenvalue weighted by Gasteiger charge is -2.08. The lowest BCUT2D eigenvalue weighted by atomic mass is 10.2. The highest BCUT2D eigenvalue weighted by molar-refractivity contribution is 5.94. The lowest BCUT2D eigenvalue weighted by Crippen LogP contribution is -2.32. The van der Waals surface area contributed by atoms with Crippen LogP contribution >= 0.6 is 0 Å². The van der Waals surface area contributed by atoms with Gasteiger partial charge in [0, 0.05) is 30.9 Å². The molecule has 0 aliphatic rings. The van der Waals surface area contributed by atoms with Gasteiger partial charge in [-0.25, -0.2) is 9.67 Å². The third kappa shape index (κ3) is 5.25. The number of nitrogens with one attached hydrogen (secondary N) is 3. The highest BCUT2D eigenvalue weighted by Crippen LogP contribution is 2.12. The fourth-order valence-corrected chi connectivity index (χ4v) is 3.26. The zero-order chi connectivity index (χ0) is 22.3. The van der Waals surface area contributed by atoms with Crippen LogP contribution in [0, 0.1) is 0 Å². The zero-order valence-corrected chi connectivity index (χ0v) is 17.2. The fourth-order valence-electron chi connectivity index (χ4n) is 3.26. The van der Waals surface area contributed by atoms with Gasteiger partial charge in [0.15, 0.2) is 0 Å². The van der Waals surface area contributed by atoms with Crippen LogP contribution in [0.1, 0.15) is 18.7 Å². The quantitative estimate of drug-likeness (QED) is 0.396. The number of hydrogen-bond donors (Lipinski definition) is 3. The van der Waals surface area contributed by atoms with Crippen molar-refractivity contribution in [3.8, 4) is 5.69 Å². The molecule has 2 aromatic heterocycles. The first-order chi connectivity index (χ1) is 15.6. The van der Waals surface area contributed by atoms with Crippen LogP contribution in [0.15, 0.2) is 71.8 Å². The van der Waals surface area contributed by atoms with E-state index in [9.17, 15) is 14.4 Å². The Kier molecular flexibility index (Phi) is 6.35. The number of benzene rings is 2. The molecule has 9 heteroatoms. The fraction of sp³-hybridized carbons (Fsp3) is 0.174. The van der Waals surface area contributed by atoms with Gasteiger partial charge in [0.1, 0.15) is 5.82 Å². The minimum Gasteiger partial charge on any atom is -0.347 e. The average Bonchev–Trinajstić information content (AvgIpc) is 3.33. The number of aromatic nitrogens is 4. The Labute approximate surface area is 183 Å². The molecule has 2 amide bonds. The molecule has 4 aromatic rings. The maximum absolute atomic E-state index is 12.1. The van der Waals surface area contributed by atoms with Gasteiger partial charge >= 0.3 is 0 Å². The van der Waals surface area contributed by atoms with Gasteiger partial charge in [-0.05, 0) is 48.9 Å². The number of carbonyl (C=O) groups excluding carboxylic acids is 2. The molecule has 0 saturated carbocycles. The number of rotatable bonds is 8. The van der Waals surface area contributed by atoms with Gasteiger partial charge in [0.25, 0.3) is 5.56 Å². The molecule has 9 nitrogen and oxygen atoms in total. The summed E-state index contributed by atoms with van der Waals surface area (Å²) in [6, 6.07) is 16.2. The highest BCUT2D eigenvalue weighted by atomic mass is 16.2. The van der Waals surface area contributed by atoms with Crippen LogP contribution in [-0.4, -0.2) is 38.1 Å². The molecule has 32 heavy (non-hydrogen) atoms. The molecule has 2 aromatic carbocycles. The Balaban J connectivity index is 1.20. The van der Waals surface area contributed by atoms with E-state index in [1.54, 1.807) is 41.2 Å². The van der Waals surface area contributed by atoms with Crippen molar-refractivity contribution >= 4 is 28.4 Å². The standard InChI is InChI=1S/C23H22N6O3/c30-21(8-3-7-20-27-19-6-2-1-5-18(19)23(32)28-20)24-15-22(31)26-16-9-11-17(12-10-16)29-14-4-13-25-29/h1-2,4-6,9-14H,3,7-8,15H2,(H,24,30)(H,26,31)(H,27,28,32). The van der Waals surface area contributed by atoms with E-state index < -0.39 is 0 Å². The van der Waals surface area contributed by atoms with Crippen molar-refractivity contribution in [3.05, 3.63) is 83.2 Å². The number of anilines is 1. The summed E-state index contributed by atoms with van der Waals surface area (Å²) in [7, 11) is 0. The second kappa shape index (κ2) is 9.69. The summed E-state index contributed by atoms with van der Waals surface area (Å²) in [6.07, 6.45) is 4.71. The summed E-state index contributed by atoms with van der Waals surface area (Å²) in [5.74, 6) is -0.0131. The minimum atomic E-state index is -0.314. The van der Waals surface area contributed by atoms with Crippen molar-refractivity contribution < 1.29 is 9.59 Å². The summed E-state index contributed by atoms with van der Waals surface area (Å²) in [4.78, 5) is 43.4. The van der Waals surface area contributed by atoms with E-state index in [0.29, 0.717) is 35.3 Å². The maximum Gasteiger partial charge on any atom is 0.258 e. The van der Waals surface area contributed by atoms with E-state index in [1.807, 2.05) is 30.5 Å². The molecule has 0 radical (unpaired) electrons. The molecule has 4 rings (SSSR count). The van der Waals surface area contributed by atoms with Gasteiger partial charge in [-0.1, -0.05) is 12.1 Å². The SMILES string of the molecule is O=C(CCCc1nc2ccccc2c(=O)[nH]1)NCC(=O)Nc1ccc(-n2cccn2)cc1. The molecule has 162 valence electrons. The van der Waals surface area contributed by atoms with Crippen molar-refractivity contribution in [1.29, 1.82) is 0 Å². The van der Waals surface area contributed by atoms with Crippen molar-refractivity contribution in [3.63, 3.8) is 0 Å². The van der Waals surface area contributed by atoms with Crippen LogP contribution in [0.5, 0.6) is 0 Å². The van der Waals surface area contributed by atoms with Crippen molar-refractivity contribution in [2.75, 3.05) is 11.9 Å². The Morgan fingerprint density at radius 3 is 2.59 bits per heavy atom. The molecular weight excluding hydrogens is 408 g/mol. The molecule has 0 unspecified atom stereocenters. The highest BCUT2D eigenvalue weighted by Gasteiger charge is 2.08. The van der Waals surface area contributed by atoms with Gasteiger partial charge in [0.2, 0.25) is 11.8 Å².